The molecule has 0 atom stereocenters. The summed E-state index contributed by atoms with van der Waals surface area (Å²) in [4.78, 5) is 24.7. The van der Waals surface area contributed by atoms with Crippen molar-refractivity contribution in [2.75, 3.05) is 23.3 Å². The molecule has 0 spiro atoms. The smallest absolute Gasteiger partial charge is 0.412 e. The largest absolute Gasteiger partial charge is 0.444 e. The topological polar surface area (TPSA) is 108 Å². The van der Waals surface area contributed by atoms with Crippen molar-refractivity contribution in [3.8, 4) is 6.07 Å². The van der Waals surface area contributed by atoms with Crippen LogP contribution in [0.3, 0.4) is 0 Å². The molecule has 0 aliphatic carbocycles. The predicted molar refractivity (Wildman–Crippen MR) is 93.7 cm³/mol. The number of rotatable bonds is 3. The lowest BCUT2D eigenvalue weighted by atomic mass is 10.1. The number of nitriles is 1. The second kappa shape index (κ2) is 7.38. The molecule has 1 aliphatic heterocycles. The van der Waals surface area contributed by atoms with Crippen LogP contribution in [-0.2, 0) is 4.74 Å². The molecule has 1 saturated heterocycles. The Morgan fingerprint density at radius 1 is 1.32 bits per heavy atom. The quantitative estimate of drug-likeness (QED) is 0.658. The molecule has 1 fully saturated rings. The summed E-state index contributed by atoms with van der Waals surface area (Å²) in [5.74, 6) is 0. The van der Waals surface area contributed by atoms with Crippen molar-refractivity contribution in [2.45, 2.75) is 45.6 Å². The van der Waals surface area contributed by atoms with E-state index in [0.717, 1.165) is 32.4 Å². The molecule has 8 heteroatoms. The molecular weight excluding hydrogens is 324 g/mol. The highest BCUT2D eigenvalue weighted by Gasteiger charge is 2.25. The lowest BCUT2D eigenvalue weighted by molar-refractivity contribution is -0.383. The maximum absolute atomic E-state index is 12.0. The second-order valence-electron chi connectivity index (χ2n) is 6.93. The lowest BCUT2D eigenvalue weighted by Crippen LogP contribution is -2.30. The minimum Gasteiger partial charge on any atom is -0.444 e. The highest BCUT2D eigenvalue weighted by atomic mass is 16.6. The Balaban J connectivity index is 2.40. The van der Waals surface area contributed by atoms with Gasteiger partial charge in [0.15, 0.2) is 0 Å². The predicted octanol–water partition coefficient (Wildman–Crippen LogP) is 3.80. The van der Waals surface area contributed by atoms with Crippen molar-refractivity contribution in [3.63, 3.8) is 0 Å². The van der Waals surface area contributed by atoms with E-state index >= 15 is 0 Å². The Labute approximate surface area is 146 Å². The van der Waals surface area contributed by atoms with Gasteiger partial charge in [0, 0.05) is 19.2 Å². The molecule has 134 valence electrons. The van der Waals surface area contributed by atoms with Gasteiger partial charge in [0.2, 0.25) is 0 Å². The number of amides is 1. The average molecular weight is 346 g/mol. The summed E-state index contributed by atoms with van der Waals surface area (Å²) in [7, 11) is 0. The molecule has 0 unspecified atom stereocenters. The van der Waals surface area contributed by atoms with Crippen LogP contribution in [0.4, 0.5) is 21.9 Å². The van der Waals surface area contributed by atoms with E-state index < -0.39 is 16.6 Å². The summed E-state index contributed by atoms with van der Waals surface area (Å²) in [6.07, 6.45) is 2.34. The van der Waals surface area contributed by atoms with Crippen molar-refractivity contribution < 1.29 is 14.5 Å². The molecule has 1 amide bonds. The monoisotopic (exact) mass is 346 g/mol. The molecule has 1 N–H and O–H groups in total. The average Bonchev–Trinajstić information content (AvgIpc) is 2.53. The number of ether oxygens (including phenoxy) is 1. The summed E-state index contributed by atoms with van der Waals surface area (Å²) in [6, 6.07) is 4.71. The SMILES string of the molecule is CC(C)(C)OC(=O)Nc1cc(N2CCCCC2)c(C#N)cc1[N+](=O)[O-]. The van der Waals surface area contributed by atoms with Gasteiger partial charge in [-0.25, -0.2) is 4.79 Å². The van der Waals surface area contributed by atoms with E-state index in [0.29, 0.717) is 5.69 Å². The number of nitro groups is 1. The van der Waals surface area contributed by atoms with Gasteiger partial charge in [-0.3, -0.25) is 15.4 Å². The van der Waals surface area contributed by atoms with Gasteiger partial charge in [0.1, 0.15) is 17.4 Å². The number of anilines is 2. The van der Waals surface area contributed by atoms with E-state index in [1.807, 2.05) is 11.0 Å². The molecule has 8 nitrogen and oxygen atoms in total. The Bertz CT molecular complexity index is 713. The molecule has 0 bridgehead atoms. The van der Waals surface area contributed by atoms with Crippen LogP contribution in [0.25, 0.3) is 0 Å². The van der Waals surface area contributed by atoms with E-state index in [2.05, 4.69) is 5.32 Å². The second-order valence-corrected chi connectivity index (χ2v) is 6.93. The van der Waals surface area contributed by atoms with E-state index in [1.54, 1.807) is 20.8 Å². The highest BCUT2D eigenvalue weighted by molar-refractivity contribution is 5.90. The molecular formula is C17H22N4O4. The van der Waals surface area contributed by atoms with Gasteiger partial charge >= 0.3 is 6.09 Å². The normalized spacial score (nSPS) is 14.6. The van der Waals surface area contributed by atoms with Crippen LogP contribution in [0.15, 0.2) is 12.1 Å². The zero-order chi connectivity index (χ0) is 18.6. The van der Waals surface area contributed by atoms with Gasteiger partial charge in [0.05, 0.1) is 16.2 Å². The fourth-order valence-corrected chi connectivity index (χ4v) is 2.73. The summed E-state index contributed by atoms with van der Waals surface area (Å²) in [6.45, 7) is 6.67. The van der Waals surface area contributed by atoms with Gasteiger partial charge < -0.3 is 9.64 Å². The van der Waals surface area contributed by atoms with Crippen LogP contribution in [0, 0.1) is 21.4 Å². The Morgan fingerprint density at radius 2 is 1.96 bits per heavy atom. The third kappa shape index (κ3) is 4.83. The zero-order valence-electron chi connectivity index (χ0n) is 14.7. The van der Waals surface area contributed by atoms with Crippen molar-refractivity contribution in [1.29, 1.82) is 5.26 Å². The van der Waals surface area contributed by atoms with Crippen LogP contribution < -0.4 is 10.2 Å². The standard InChI is InChI=1S/C17H22N4O4/c1-17(2,3)25-16(22)19-13-10-14(20-7-5-4-6-8-20)12(11-18)9-15(13)21(23)24/h9-10H,4-8H2,1-3H3,(H,19,22). The number of nitrogens with one attached hydrogen (secondary N) is 1. The minimum atomic E-state index is -0.773. The fraction of sp³-hybridized carbons (Fsp3) is 0.529. The molecule has 25 heavy (non-hydrogen) atoms. The number of piperidine rings is 1. The van der Waals surface area contributed by atoms with E-state index in [-0.39, 0.29) is 16.9 Å². The fourth-order valence-electron chi connectivity index (χ4n) is 2.73. The van der Waals surface area contributed by atoms with Gasteiger partial charge in [-0.15, -0.1) is 0 Å². The van der Waals surface area contributed by atoms with Crippen molar-refractivity contribution in [1.82, 2.24) is 0 Å². The summed E-state index contributed by atoms with van der Waals surface area (Å²) in [5.41, 5.74) is -0.203. The third-order valence-corrected chi connectivity index (χ3v) is 3.76. The van der Waals surface area contributed by atoms with E-state index in [1.165, 1.54) is 12.1 Å². The Morgan fingerprint density at radius 3 is 2.48 bits per heavy atom. The molecule has 1 aliphatic rings. The van der Waals surface area contributed by atoms with E-state index in [9.17, 15) is 20.2 Å². The number of hydrogen-bond acceptors (Lipinski definition) is 6. The first-order valence-corrected chi connectivity index (χ1v) is 8.19. The number of carbonyl (C=O) groups excluding carboxylic acids is 1. The first-order valence-electron chi connectivity index (χ1n) is 8.19. The summed E-state index contributed by atoms with van der Waals surface area (Å²) < 4.78 is 5.17. The molecule has 0 radical (unpaired) electrons. The van der Waals surface area contributed by atoms with Crippen LogP contribution in [0.2, 0.25) is 0 Å². The van der Waals surface area contributed by atoms with Gasteiger partial charge in [-0.05, 0) is 46.1 Å². The number of hydrogen-bond donors (Lipinski definition) is 1. The maximum Gasteiger partial charge on any atom is 0.412 e. The van der Waals surface area contributed by atoms with Crippen molar-refractivity contribution in [3.05, 3.63) is 27.8 Å². The first-order chi connectivity index (χ1) is 11.7. The molecule has 0 aromatic heterocycles. The number of benzene rings is 1. The third-order valence-electron chi connectivity index (χ3n) is 3.76. The van der Waals surface area contributed by atoms with Crippen LogP contribution in [0.1, 0.15) is 45.6 Å². The number of nitro benzene ring substituents is 1. The van der Waals surface area contributed by atoms with Crippen molar-refractivity contribution >= 4 is 23.2 Å². The highest BCUT2D eigenvalue weighted by Crippen LogP contribution is 2.34. The van der Waals surface area contributed by atoms with Crippen molar-refractivity contribution in [2.24, 2.45) is 0 Å². The number of carbonyl (C=O) groups is 1. The molecule has 2 rings (SSSR count). The molecule has 1 heterocycles. The van der Waals surface area contributed by atoms with E-state index in [4.69, 9.17) is 4.74 Å². The number of nitrogens with zero attached hydrogens (tertiary/aromatic N) is 3. The minimum absolute atomic E-state index is 0.0267. The molecule has 0 saturated carbocycles. The van der Waals surface area contributed by atoms with Crippen LogP contribution in [-0.4, -0.2) is 29.7 Å². The maximum atomic E-state index is 12.0. The van der Waals surface area contributed by atoms with Gasteiger partial charge in [-0.2, -0.15) is 5.26 Å². The first kappa shape index (κ1) is 18.5. The van der Waals surface area contributed by atoms with Crippen LogP contribution >= 0.6 is 0 Å². The van der Waals surface area contributed by atoms with Gasteiger partial charge in [-0.1, -0.05) is 0 Å². The summed E-state index contributed by atoms with van der Waals surface area (Å²) in [5, 5.41) is 23.1. The lowest BCUT2D eigenvalue weighted by Gasteiger charge is -2.29. The molecule has 1 aromatic carbocycles. The van der Waals surface area contributed by atoms with Gasteiger partial charge in [0.25, 0.3) is 5.69 Å². The Hall–Kier alpha value is -2.82. The summed E-state index contributed by atoms with van der Waals surface area (Å²) >= 11 is 0. The molecule has 1 aromatic rings. The Kier molecular flexibility index (Phi) is 5.47. The van der Waals surface area contributed by atoms with Crippen LogP contribution in [0.5, 0.6) is 0 Å². The zero-order valence-corrected chi connectivity index (χ0v) is 14.7.